The molecule has 1 aliphatic rings. The summed E-state index contributed by atoms with van der Waals surface area (Å²) < 4.78 is 0. The minimum Gasteiger partial charge on any atom is -0.368 e. The highest BCUT2D eigenvalue weighted by Gasteiger charge is 2.17. The van der Waals surface area contributed by atoms with Gasteiger partial charge < -0.3 is 9.88 Å². The lowest BCUT2D eigenvalue weighted by Crippen LogP contribution is -2.46. The molecule has 0 amide bonds. The third kappa shape index (κ3) is 3.30. The van der Waals surface area contributed by atoms with Crippen molar-refractivity contribution in [3.8, 4) is 12.3 Å². The van der Waals surface area contributed by atoms with Gasteiger partial charge in [0.1, 0.15) is 0 Å². The van der Waals surface area contributed by atoms with Gasteiger partial charge in [-0.3, -0.25) is 19.7 Å². The molecule has 1 N–H and O–H groups in total. The van der Waals surface area contributed by atoms with Gasteiger partial charge in [-0.05, 0) is 29.8 Å². The van der Waals surface area contributed by atoms with Crippen LogP contribution in [0.25, 0.3) is 11.0 Å². The highest BCUT2D eigenvalue weighted by molar-refractivity contribution is 5.75. The van der Waals surface area contributed by atoms with Gasteiger partial charge in [-0.15, -0.1) is 6.42 Å². The molecule has 6 heteroatoms. The molecule has 3 aromatic rings. The van der Waals surface area contributed by atoms with E-state index in [1.165, 1.54) is 5.69 Å². The first kappa shape index (κ1) is 16.3. The van der Waals surface area contributed by atoms with Crippen LogP contribution in [0.15, 0.2) is 47.7 Å². The highest BCUT2D eigenvalue weighted by atomic mass is 16.1. The number of H-pyrrole nitrogens is 1. The topological polar surface area (TPSA) is 65.1 Å². The third-order valence-corrected chi connectivity index (χ3v) is 4.69. The Labute approximate surface area is 151 Å². The lowest BCUT2D eigenvalue weighted by atomic mass is 10.2. The molecule has 0 unspecified atom stereocenters. The van der Waals surface area contributed by atoms with Crippen LogP contribution in [0.3, 0.4) is 0 Å². The van der Waals surface area contributed by atoms with Crippen LogP contribution in [0.2, 0.25) is 0 Å². The molecule has 4 heterocycles. The highest BCUT2D eigenvalue weighted by Crippen LogP contribution is 2.17. The van der Waals surface area contributed by atoms with Crippen molar-refractivity contribution in [1.29, 1.82) is 0 Å². The average molecular weight is 345 g/mol. The van der Waals surface area contributed by atoms with Crippen LogP contribution in [0.1, 0.15) is 11.1 Å². The van der Waals surface area contributed by atoms with Gasteiger partial charge in [0.05, 0.1) is 28.5 Å². The number of nitrogens with one attached hydrogen (secondary N) is 1. The van der Waals surface area contributed by atoms with Gasteiger partial charge in [0.25, 0.3) is 5.56 Å². The molecule has 0 atom stereocenters. The Kier molecular flexibility index (Phi) is 4.38. The molecule has 0 spiro atoms. The molecule has 3 aromatic heterocycles. The summed E-state index contributed by atoms with van der Waals surface area (Å²) in [6, 6.07) is 7.70. The van der Waals surface area contributed by atoms with Crippen LogP contribution >= 0.6 is 0 Å². The average Bonchev–Trinajstić information content (AvgIpc) is 2.69. The van der Waals surface area contributed by atoms with E-state index in [0.717, 1.165) is 43.8 Å². The molecule has 0 bridgehead atoms. The first-order chi connectivity index (χ1) is 12.7. The number of aromatic amines is 1. The van der Waals surface area contributed by atoms with Crippen LogP contribution in [0.4, 0.5) is 5.69 Å². The predicted octanol–water partition coefficient (Wildman–Crippen LogP) is 1.62. The molecule has 26 heavy (non-hydrogen) atoms. The Bertz CT molecular complexity index is 1010. The van der Waals surface area contributed by atoms with Gasteiger partial charge >= 0.3 is 0 Å². The van der Waals surface area contributed by atoms with Crippen molar-refractivity contribution in [3.63, 3.8) is 0 Å². The smallest absolute Gasteiger partial charge is 0.264 e. The molecule has 0 radical (unpaired) electrons. The quantitative estimate of drug-likeness (QED) is 0.731. The van der Waals surface area contributed by atoms with Crippen LogP contribution in [0, 0.1) is 12.3 Å². The largest absolute Gasteiger partial charge is 0.368 e. The summed E-state index contributed by atoms with van der Waals surface area (Å²) >= 11 is 0. The van der Waals surface area contributed by atoms with Crippen molar-refractivity contribution in [1.82, 2.24) is 19.9 Å². The number of nitrogens with zero attached hydrogens (tertiary/aromatic N) is 4. The summed E-state index contributed by atoms with van der Waals surface area (Å²) in [7, 11) is 0. The summed E-state index contributed by atoms with van der Waals surface area (Å²) in [4.78, 5) is 28.1. The number of piperazine rings is 1. The zero-order valence-corrected chi connectivity index (χ0v) is 14.4. The van der Waals surface area contributed by atoms with E-state index < -0.39 is 0 Å². The van der Waals surface area contributed by atoms with Crippen molar-refractivity contribution in [2.45, 2.75) is 6.54 Å². The van der Waals surface area contributed by atoms with Crippen LogP contribution < -0.4 is 10.5 Å². The van der Waals surface area contributed by atoms with E-state index in [0.29, 0.717) is 11.1 Å². The molecule has 4 rings (SSSR count). The number of fused-ring (bicyclic) bond motifs is 1. The van der Waals surface area contributed by atoms with E-state index in [1.807, 2.05) is 24.5 Å². The number of hydrogen-bond donors (Lipinski definition) is 1. The first-order valence-electron chi connectivity index (χ1n) is 8.59. The van der Waals surface area contributed by atoms with Crippen molar-refractivity contribution >= 4 is 16.7 Å². The second-order valence-corrected chi connectivity index (χ2v) is 6.41. The number of anilines is 1. The SMILES string of the molecule is C#Cc1cc2ncc(CN3CCN(c4cccnc4)CC3)cc2[nH]c1=O. The normalized spacial score (nSPS) is 15.1. The summed E-state index contributed by atoms with van der Waals surface area (Å²) in [6.45, 7) is 4.69. The maximum absolute atomic E-state index is 11.9. The monoisotopic (exact) mass is 345 g/mol. The summed E-state index contributed by atoms with van der Waals surface area (Å²) in [5.41, 5.74) is 3.74. The van der Waals surface area contributed by atoms with Gasteiger partial charge in [0.15, 0.2) is 0 Å². The molecule has 1 fully saturated rings. The zero-order chi connectivity index (χ0) is 17.9. The van der Waals surface area contributed by atoms with Crippen molar-refractivity contribution in [2.75, 3.05) is 31.1 Å². The number of rotatable bonds is 3. The summed E-state index contributed by atoms with van der Waals surface area (Å²) in [5, 5.41) is 0. The van der Waals surface area contributed by atoms with Crippen molar-refractivity contribution in [2.24, 2.45) is 0 Å². The second kappa shape index (κ2) is 6.98. The number of pyridine rings is 3. The van der Waals surface area contributed by atoms with Crippen LogP contribution in [-0.4, -0.2) is 46.0 Å². The van der Waals surface area contributed by atoms with Gasteiger partial charge in [0.2, 0.25) is 0 Å². The molecule has 1 saturated heterocycles. The predicted molar refractivity (Wildman–Crippen MR) is 102 cm³/mol. The molecular weight excluding hydrogens is 326 g/mol. The molecule has 1 aliphatic heterocycles. The first-order valence-corrected chi connectivity index (χ1v) is 8.59. The van der Waals surface area contributed by atoms with Crippen LogP contribution in [-0.2, 0) is 6.54 Å². The number of terminal acetylenes is 1. The standard InChI is InChI=1S/C20H19N5O/c1-2-16-11-18-19(23-20(16)26)10-15(12-22-18)14-24-6-8-25(9-7-24)17-4-3-5-21-13-17/h1,3-5,10-13H,6-9,14H2,(H,23,26). The Balaban J connectivity index is 1.45. The van der Waals surface area contributed by atoms with Crippen molar-refractivity contribution in [3.05, 3.63) is 64.3 Å². The van der Waals surface area contributed by atoms with Gasteiger partial charge in [0, 0.05) is 45.1 Å². The molecule has 0 saturated carbocycles. The number of aromatic nitrogens is 3. The fourth-order valence-electron chi connectivity index (χ4n) is 3.28. The van der Waals surface area contributed by atoms with Gasteiger partial charge in [-0.25, -0.2) is 0 Å². The second-order valence-electron chi connectivity index (χ2n) is 6.41. The van der Waals surface area contributed by atoms with E-state index in [2.05, 4.69) is 36.7 Å². The van der Waals surface area contributed by atoms with E-state index in [9.17, 15) is 4.79 Å². The molecule has 0 aromatic carbocycles. The molecule has 130 valence electrons. The minimum absolute atomic E-state index is 0.246. The maximum atomic E-state index is 11.9. The van der Waals surface area contributed by atoms with E-state index in [4.69, 9.17) is 6.42 Å². The van der Waals surface area contributed by atoms with E-state index in [-0.39, 0.29) is 5.56 Å². The number of hydrogen-bond acceptors (Lipinski definition) is 5. The summed E-state index contributed by atoms with van der Waals surface area (Å²) in [6.07, 6.45) is 10.9. The lowest BCUT2D eigenvalue weighted by molar-refractivity contribution is 0.249. The molecule has 6 nitrogen and oxygen atoms in total. The van der Waals surface area contributed by atoms with Crippen LogP contribution in [0.5, 0.6) is 0 Å². The van der Waals surface area contributed by atoms with Crippen molar-refractivity contribution < 1.29 is 0 Å². The Morgan fingerprint density at radius 2 is 2.04 bits per heavy atom. The summed E-state index contributed by atoms with van der Waals surface area (Å²) in [5.74, 6) is 2.38. The van der Waals surface area contributed by atoms with E-state index in [1.54, 1.807) is 12.3 Å². The molecular formula is C20H19N5O. The fourth-order valence-corrected chi connectivity index (χ4v) is 3.28. The maximum Gasteiger partial charge on any atom is 0.264 e. The Morgan fingerprint density at radius 3 is 2.77 bits per heavy atom. The Morgan fingerprint density at radius 1 is 1.19 bits per heavy atom. The zero-order valence-electron chi connectivity index (χ0n) is 14.4. The Hall–Kier alpha value is -3.17. The van der Waals surface area contributed by atoms with Gasteiger partial charge in [-0.2, -0.15) is 0 Å². The van der Waals surface area contributed by atoms with Gasteiger partial charge in [-0.1, -0.05) is 5.92 Å². The minimum atomic E-state index is -0.246. The third-order valence-electron chi connectivity index (χ3n) is 4.69. The fraction of sp³-hybridized carbons (Fsp3) is 0.250. The lowest BCUT2D eigenvalue weighted by Gasteiger charge is -2.35. The van der Waals surface area contributed by atoms with E-state index >= 15 is 0 Å². The molecule has 0 aliphatic carbocycles.